The highest BCUT2D eigenvalue weighted by molar-refractivity contribution is 5.96. The first-order chi connectivity index (χ1) is 9.16. The minimum absolute atomic E-state index is 0.149. The first-order valence-electron chi connectivity index (χ1n) is 5.63. The number of rotatable bonds is 5. The van der Waals surface area contributed by atoms with Crippen LogP contribution in [0.5, 0.6) is 0 Å². The normalized spacial score (nSPS) is 10.9. The number of nitro groups is 2. The topological polar surface area (TPSA) is 141 Å². The number of nitrogens with one attached hydrogen (secondary N) is 1. The molecule has 20 heavy (non-hydrogen) atoms. The second kappa shape index (κ2) is 5.61. The maximum Gasteiger partial charge on any atom is 0.277 e. The van der Waals surface area contributed by atoms with Gasteiger partial charge in [0.2, 0.25) is 0 Å². The monoisotopic (exact) mass is 282 g/mol. The molecular weight excluding hydrogens is 268 g/mol. The molecule has 0 bridgehead atoms. The summed E-state index contributed by atoms with van der Waals surface area (Å²) in [5.41, 5.74) is 3.54. The van der Waals surface area contributed by atoms with Crippen molar-refractivity contribution in [3.05, 3.63) is 44.0 Å². The van der Waals surface area contributed by atoms with Crippen LogP contribution in [-0.4, -0.2) is 27.8 Å². The number of nitrogens with two attached hydrogens (primary N) is 1. The molecule has 0 fully saturated rings. The summed E-state index contributed by atoms with van der Waals surface area (Å²) in [4.78, 5) is 31.8. The molecule has 0 atom stereocenters. The Balaban J connectivity index is 3.20. The lowest BCUT2D eigenvalue weighted by Gasteiger charge is -2.24. The molecule has 0 aliphatic heterocycles. The second-order valence-electron chi connectivity index (χ2n) is 4.79. The van der Waals surface area contributed by atoms with Gasteiger partial charge >= 0.3 is 0 Å². The van der Waals surface area contributed by atoms with Crippen molar-refractivity contribution in [1.29, 1.82) is 0 Å². The lowest BCUT2D eigenvalue weighted by molar-refractivity contribution is -0.394. The molecule has 0 unspecified atom stereocenters. The lowest BCUT2D eigenvalue weighted by Crippen LogP contribution is -2.48. The number of carbonyl (C=O) groups is 1. The first kappa shape index (κ1) is 15.5. The zero-order valence-corrected chi connectivity index (χ0v) is 11.0. The van der Waals surface area contributed by atoms with Gasteiger partial charge in [0.15, 0.2) is 0 Å². The molecule has 1 aromatic carbocycles. The molecule has 1 aromatic rings. The minimum atomic E-state index is -0.794. The van der Waals surface area contributed by atoms with Crippen molar-refractivity contribution in [3.8, 4) is 0 Å². The van der Waals surface area contributed by atoms with Crippen LogP contribution in [0.1, 0.15) is 24.2 Å². The van der Waals surface area contributed by atoms with Crippen molar-refractivity contribution < 1.29 is 14.6 Å². The molecule has 0 aliphatic carbocycles. The van der Waals surface area contributed by atoms with E-state index in [1.807, 2.05) is 0 Å². The Hall–Kier alpha value is -2.55. The molecule has 9 heteroatoms. The van der Waals surface area contributed by atoms with Crippen molar-refractivity contribution >= 4 is 17.3 Å². The molecule has 9 nitrogen and oxygen atoms in total. The summed E-state index contributed by atoms with van der Waals surface area (Å²) in [6.45, 7) is 3.48. The van der Waals surface area contributed by atoms with Gasteiger partial charge in [-0.15, -0.1) is 0 Å². The van der Waals surface area contributed by atoms with E-state index in [0.29, 0.717) is 0 Å². The SMILES string of the molecule is CC(C)(CN)NC(=O)c1cc([N+](=O)[O-])cc([N+](=O)[O-])c1. The molecule has 0 radical (unpaired) electrons. The van der Waals surface area contributed by atoms with E-state index >= 15 is 0 Å². The van der Waals surface area contributed by atoms with Gasteiger partial charge in [0, 0.05) is 24.2 Å². The molecule has 3 N–H and O–H groups in total. The summed E-state index contributed by atoms with van der Waals surface area (Å²) in [5.74, 6) is -0.660. The molecule has 108 valence electrons. The fourth-order valence-electron chi connectivity index (χ4n) is 1.37. The number of benzene rings is 1. The van der Waals surface area contributed by atoms with E-state index in [-0.39, 0.29) is 12.1 Å². The lowest BCUT2D eigenvalue weighted by atomic mass is 10.0. The van der Waals surface area contributed by atoms with Crippen LogP contribution in [0.4, 0.5) is 11.4 Å². The van der Waals surface area contributed by atoms with Crippen molar-refractivity contribution in [2.45, 2.75) is 19.4 Å². The van der Waals surface area contributed by atoms with Gasteiger partial charge in [-0.2, -0.15) is 0 Å². The largest absolute Gasteiger partial charge is 0.346 e. The highest BCUT2D eigenvalue weighted by atomic mass is 16.6. The zero-order chi connectivity index (χ0) is 15.5. The number of hydrogen-bond acceptors (Lipinski definition) is 6. The summed E-state index contributed by atoms with van der Waals surface area (Å²) >= 11 is 0. The number of nitro benzene ring substituents is 2. The number of amides is 1. The Morgan fingerprint density at radius 3 is 2.00 bits per heavy atom. The van der Waals surface area contributed by atoms with E-state index in [4.69, 9.17) is 5.73 Å². The average Bonchev–Trinajstić information content (AvgIpc) is 2.37. The number of hydrogen-bond donors (Lipinski definition) is 2. The Kier molecular flexibility index (Phi) is 4.35. The van der Waals surface area contributed by atoms with Gasteiger partial charge in [-0.3, -0.25) is 25.0 Å². The Morgan fingerprint density at radius 2 is 1.65 bits per heavy atom. The standard InChI is InChI=1S/C11H14N4O5/c1-11(2,6-12)13-10(16)7-3-8(14(17)18)5-9(4-7)15(19)20/h3-5H,6,12H2,1-2H3,(H,13,16). The van der Waals surface area contributed by atoms with Crippen molar-refractivity contribution in [2.75, 3.05) is 6.54 Å². The minimum Gasteiger partial charge on any atom is -0.346 e. The van der Waals surface area contributed by atoms with Crippen LogP contribution in [0.15, 0.2) is 18.2 Å². The van der Waals surface area contributed by atoms with E-state index < -0.39 is 32.7 Å². The number of non-ortho nitro benzene ring substituents is 2. The van der Waals surface area contributed by atoms with E-state index in [2.05, 4.69) is 5.32 Å². The third-order valence-electron chi connectivity index (χ3n) is 2.55. The second-order valence-corrected chi connectivity index (χ2v) is 4.79. The van der Waals surface area contributed by atoms with Crippen LogP contribution in [-0.2, 0) is 0 Å². The van der Waals surface area contributed by atoms with Gasteiger partial charge in [-0.25, -0.2) is 0 Å². The average molecular weight is 282 g/mol. The van der Waals surface area contributed by atoms with Gasteiger partial charge < -0.3 is 11.1 Å². The van der Waals surface area contributed by atoms with Gasteiger partial charge in [-0.05, 0) is 13.8 Å². The van der Waals surface area contributed by atoms with Crippen molar-refractivity contribution in [3.63, 3.8) is 0 Å². The van der Waals surface area contributed by atoms with Gasteiger partial charge in [0.05, 0.1) is 21.5 Å². The fourth-order valence-corrected chi connectivity index (χ4v) is 1.37. The third kappa shape index (κ3) is 3.72. The molecule has 1 rings (SSSR count). The quantitative estimate of drug-likeness (QED) is 0.608. The van der Waals surface area contributed by atoms with Crippen molar-refractivity contribution in [1.82, 2.24) is 5.32 Å². The summed E-state index contributed by atoms with van der Waals surface area (Å²) in [5, 5.41) is 24.0. The van der Waals surface area contributed by atoms with Crippen LogP contribution in [0.2, 0.25) is 0 Å². The molecule has 0 saturated heterocycles. The van der Waals surface area contributed by atoms with Gasteiger partial charge in [0.1, 0.15) is 0 Å². The van der Waals surface area contributed by atoms with E-state index in [0.717, 1.165) is 18.2 Å². The third-order valence-corrected chi connectivity index (χ3v) is 2.55. The zero-order valence-electron chi connectivity index (χ0n) is 11.0. The highest BCUT2D eigenvalue weighted by Gasteiger charge is 2.23. The number of carbonyl (C=O) groups excluding carboxylic acids is 1. The maximum absolute atomic E-state index is 12.0. The molecule has 1 amide bonds. The molecule has 0 aliphatic rings. The molecule has 0 saturated carbocycles. The van der Waals surface area contributed by atoms with Crippen LogP contribution >= 0.6 is 0 Å². The molecule has 0 heterocycles. The summed E-state index contributed by atoms with van der Waals surface area (Å²) in [7, 11) is 0. The van der Waals surface area contributed by atoms with E-state index in [1.165, 1.54) is 0 Å². The molecule has 0 spiro atoms. The summed E-state index contributed by atoms with van der Waals surface area (Å²) < 4.78 is 0. The van der Waals surface area contributed by atoms with Gasteiger partial charge in [-0.1, -0.05) is 0 Å². The smallest absolute Gasteiger partial charge is 0.277 e. The number of nitrogens with zero attached hydrogens (tertiary/aromatic N) is 2. The molecule has 0 aromatic heterocycles. The van der Waals surface area contributed by atoms with Crippen LogP contribution < -0.4 is 11.1 Å². The Labute approximate surface area is 114 Å². The van der Waals surface area contributed by atoms with E-state index in [1.54, 1.807) is 13.8 Å². The first-order valence-corrected chi connectivity index (χ1v) is 5.63. The predicted octanol–water partition coefficient (Wildman–Crippen LogP) is 0.970. The highest BCUT2D eigenvalue weighted by Crippen LogP contribution is 2.23. The summed E-state index contributed by atoms with van der Waals surface area (Å²) in [6, 6.07) is 2.76. The molecular formula is C11H14N4O5. The van der Waals surface area contributed by atoms with Crippen LogP contribution in [0.25, 0.3) is 0 Å². The predicted molar refractivity (Wildman–Crippen MR) is 70.4 cm³/mol. The fraction of sp³-hybridized carbons (Fsp3) is 0.364. The summed E-state index contributed by atoms with van der Waals surface area (Å²) in [6.07, 6.45) is 0. The Bertz CT molecular complexity index is 538. The maximum atomic E-state index is 12.0. The van der Waals surface area contributed by atoms with Crippen LogP contribution in [0, 0.1) is 20.2 Å². The van der Waals surface area contributed by atoms with Crippen LogP contribution in [0.3, 0.4) is 0 Å². The van der Waals surface area contributed by atoms with Gasteiger partial charge in [0.25, 0.3) is 17.3 Å². The van der Waals surface area contributed by atoms with Crippen molar-refractivity contribution in [2.24, 2.45) is 5.73 Å². The Morgan fingerprint density at radius 1 is 1.20 bits per heavy atom. The van der Waals surface area contributed by atoms with E-state index in [9.17, 15) is 25.0 Å².